The van der Waals surface area contributed by atoms with Gasteiger partial charge in [-0.1, -0.05) is 47.7 Å². The minimum absolute atomic E-state index is 0.00190. The first-order valence-electron chi connectivity index (χ1n) is 6.91. The van der Waals surface area contributed by atoms with E-state index in [1.807, 2.05) is 6.07 Å². The fourth-order valence-corrected chi connectivity index (χ4v) is 2.80. The highest BCUT2D eigenvalue weighted by atomic mass is 32.1. The van der Waals surface area contributed by atoms with Crippen molar-refractivity contribution in [2.75, 3.05) is 5.32 Å². The van der Waals surface area contributed by atoms with Crippen LogP contribution in [0.5, 0.6) is 0 Å². The summed E-state index contributed by atoms with van der Waals surface area (Å²) < 4.78 is 14.0. The number of thiazole rings is 1. The van der Waals surface area contributed by atoms with Crippen molar-refractivity contribution in [1.29, 1.82) is 0 Å². The number of nitrogens with one attached hydrogen (secondary N) is 1. The zero-order valence-electron chi connectivity index (χ0n) is 12.2. The lowest BCUT2D eigenvalue weighted by molar-refractivity contribution is 0.0697. The van der Waals surface area contributed by atoms with Gasteiger partial charge in [-0.3, -0.25) is 10.1 Å². The van der Waals surface area contributed by atoms with Gasteiger partial charge < -0.3 is 5.11 Å². The smallest absolute Gasteiger partial charge is 0.335 e. The van der Waals surface area contributed by atoms with Crippen molar-refractivity contribution in [3.05, 3.63) is 70.9 Å². The summed E-state index contributed by atoms with van der Waals surface area (Å²) >= 11 is 0.717. The van der Waals surface area contributed by atoms with Gasteiger partial charge >= 0.3 is 5.97 Å². The first kappa shape index (κ1) is 15.8. The Balaban J connectivity index is 1.83. The third-order valence-electron chi connectivity index (χ3n) is 3.23. The van der Waals surface area contributed by atoms with Crippen LogP contribution in [0.15, 0.2) is 54.6 Å². The molecule has 0 unspecified atom stereocenters. The van der Waals surface area contributed by atoms with Gasteiger partial charge in [0.25, 0.3) is 5.91 Å². The van der Waals surface area contributed by atoms with Gasteiger partial charge in [0.1, 0.15) is 5.69 Å². The number of hydrogen-bond donors (Lipinski definition) is 2. The third kappa shape index (κ3) is 3.31. The van der Waals surface area contributed by atoms with Crippen LogP contribution in [-0.2, 0) is 0 Å². The van der Waals surface area contributed by atoms with Crippen LogP contribution in [0.1, 0.15) is 20.7 Å². The van der Waals surface area contributed by atoms with Crippen molar-refractivity contribution in [3.63, 3.8) is 0 Å². The molecule has 120 valence electrons. The van der Waals surface area contributed by atoms with Gasteiger partial charge in [0.15, 0.2) is 5.13 Å². The highest BCUT2D eigenvalue weighted by Gasteiger charge is 2.16. The summed E-state index contributed by atoms with van der Waals surface area (Å²) in [6.07, 6.45) is 0. The van der Waals surface area contributed by atoms with Crippen LogP contribution in [0.2, 0.25) is 0 Å². The monoisotopic (exact) mass is 342 g/mol. The quantitative estimate of drug-likeness (QED) is 0.754. The molecular formula is C17H11FN2O3S. The molecule has 0 fully saturated rings. The fourth-order valence-electron chi connectivity index (χ4n) is 2.09. The minimum Gasteiger partial charge on any atom is -0.478 e. The minimum atomic E-state index is -1.13. The summed E-state index contributed by atoms with van der Waals surface area (Å²) in [7, 11) is 0. The Morgan fingerprint density at radius 3 is 2.46 bits per heavy atom. The van der Waals surface area contributed by atoms with Gasteiger partial charge in [0, 0.05) is 11.1 Å². The second kappa shape index (κ2) is 6.59. The van der Waals surface area contributed by atoms with Crippen molar-refractivity contribution in [3.8, 4) is 11.3 Å². The second-order valence-electron chi connectivity index (χ2n) is 4.85. The number of rotatable bonds is 4. The molecule has 0 bridgehead atoms. The van der Waals surface area contributed by atoms with Gasteiger partial charge in [-0.25, -0.2) is 9.78 Å². The van der Waals surface area contributed by atoms with Crippen molar-refractivity contribution < 1.29 is 19.1 Å². The molecule has 2 N–H and O–H groups in total. The highest BCUT2D eigenvalue weighted by molar-refractivity contribution is 7.14. The second-order valence-corrected chi connectivity index (χ2v) is 5.80. The normalized spacial score (nSPS) is 10.4. The number of halogens is 1. The molecule has 0 aliphatic heterocycles. The van der Waals surface area contributed by atoms with Crippen molar-refractivity contribution >= 4 is 28.3 Å². The van der Waals surface area contributed by atoms with E-state index in [9.17, 15) is 14.0 Å². The Kier molecular flexibility index (Phi) is 4.35. The van der Waals surface area contributed by atoms with E-state index in [1.54, 1.807) is 24.3 Å². The topological polar surface area (TPSA) is 79.3 Å². The van der Waals surface area contributed by atoms with Gasteiger partial charge in [-0.2, -0.15) is 4.39 Å². The van der Waals surface area contributed by atoms with E-state index < -0.39 is 17.0 Å². The number of carbonyl (C=O) groups is 2. The zero-order chi connectivity index (χ0) is 17.1. The predicted octanol–water partition coefficient (Wildman–Crippen LogP) is 3.90. The Morgan fingerprint density at radius 2 is 1.75 bits per heavy atom. The summed E-state index contributed by atoms with van der Waals surface area (Å²) in [4.78, 5) is 27.2. The molecule has 0 aliphatic rings. The number of benzene rings is 2. The number of aromatic nitrogens is 1. The standard InChI is InChI=1S/C17H11FN2O3S/c18-14-13(10-5-2-1-3-6-10)19-17(24-14)20-15(21)11-7-4-8-12(9-11)16(22)23/h1-9H,(H,22,23)(H,19,20,21). The maximum Gasteiger partial charge on any atom is 0.335 e. The van der Waals surface area contributed by atoms with Crippen molar-refractivity contribution in [1.82, 2.24) is 4.98 Å². The lowest BCUT2D eigenvalue weighted by Crippen LogP contribution is -2.12. The van der Waals surface area contributed by atoms with Crippen LogP contribution in [0.4, 0.5) is 9.52 Å². The van der Waals surface area contributed by atoms with E-state index in [0.717, 1.165) is 0 Å². The summed E-state index contributed by atoms with van der Waals surface area (Å²) in [6, 6.07) is 14.4. The fraction of sp³-hybridized carbons (Fsp3) is 0. The number of anilines is 1. The van der Waals surface area contributed by atoms with E-state index in [4.69, 9.17) is 5.11 Å². The molecule has 0 radical (unpaired) electrons. The number of carboxylic acids is 1. The maximum absolute atomic E-state index is 14.0. The molecule has 0 saturated carbocycles. The number of carbonyl (C=O) groups excluding carboxylic acids is 1. The van der Waals surface area contributed by atoms with Gasteiger partial charge in [0.2, 0.25) is 5.13 Å². The Labute approximate surface area is 140 Å². The van der Waals surface area contributed by atoms with Crippen molar-refractivity contribution in [2.45, 2.75) is 0 Å². The molecule has 7 heteroatoms. The third-order valence-corrected chi connectivity index (χ3v) is 3.98. The molecule has 0 aliphatic carbocycles. The molecule has 24 heavy (non-hydrogen) atoms. The molecule has 2 aromatic carbocycles. The number of aromatic carboxylic acids is 1. The van der Waals surface area contributed by atoms with Crippen LogP contribution in [0.25, 0.3) is 11.3 Å². The number of nitrogens with zero attached hydrogens (tertiary/aromatic N) is 1. The average Bonchev–Trinajstić information content (AvgIpc) is 2.96. The number of carboxylic acid groups (broad SMARTS) is 1. The van der Waals surface area contributed by atoms with E-state index in [2.05, 4.69) is 10.3 Å². The SMILES string of the molecule is O=C(O)c1cccc(C(=O)Nc2nc(-c3ccccc3)c(F)s2)c1. The summed E-state index contributed by atoms with van der Waals surface area (Å²) in [5.74, 6) is -1.68. The molecule has 5 nitrogen and oxygen atoms in total. The largest absolute Gasteiger partial charge is 0.478 e. The first-order chi connectivity index (χ1) is 11.5. The first-order valence-corrected chi connectivity index (χ1v) is 7.72. The average molecular weight is 342 g/mol. The van der Waals surface area contributed by atoms with E-state index in [-0.39, 0.29) is 22.0 Å². The molecule has 0 saturated heterocycles. The molecule has 0 spiro atoms. The Hall–Kier alpha value is -3.06. The van der Waals surface area contributed by atoms with E-state index >= 15 is 0 Å². The van der Waals surface area contributed by atoms with Gasteiger partial charge in [-0.05, 0) is 18.2 Å². The van der Waals surface area contributed by atoms with Crippen LogP contribution in [0, 0.1) is 5.13 Å². The molecular weight excluding hydrogens is 331 g/mol. The van der Waals surface area contributed by atoms with Gasteiger partial charge in [-0.15, -0.1) is 0 Å². The van der Waals surface area contributed by atoms with Gasteiger partial charge in [0.05, 0.1) is 5.56 Å². The van der Waals surface area contributed by atoms with Crippen LogP contribution >= 0.6 is 11.3 Å². The summed E-state index contributed by atoms with van der Waals surface area (Å²) in [6.45, 7) is 0. The highest BCUT2D eigenvalue weighted by Crippen LogP contribution is 2.29. The van der Waals surface area contributed by atoms with Crippen LogP contribution in [-0.4, -0.2) is 22.0 Å². The summed E-state index contributed by atoms with van der Waals surface area (Å²) in [5.41, 5.74) is 0.930. The molecule has 1 amide bonds. The lowest BCUT2D eigenvalue weighted by Gasteiger charge is -2.02. The molecule has 1 aromatic heterocycles. The van der Waals surface area contributed by atoms with E-state index in [0.29, 0.717) is 16.9 Å². The maximum atomic E-state index is 14.0. The Bertz CT molecular complexity index is 909. The number of amides is 1. The molecule has 0 atom stereocenters. The zero-order valence-corrected chi connectivity index (χ0v) is 13.0. The molecule has 3 rings (SSSR count). The predicted molar refractivity (Wildman–Crippen MR) is 88.9 cm³/mol. The van der Waals surface area contributed by atoms with Crippen LogP contribution < -0.4 is 5.32 Å². The molecule has 1 heterocycles. The number of hydrogen-bond acceptors (Lipinski definition) is 4. The van der Waals surface area contributed by atoms with Crippen molar-refractivity contribution in [2.24, 2.45) is 0 Å². The lowest BCUT2D eigenvalue weighted by atomic mass is 10.1. The van der Waals surface area contributed by atoms with E-state index in [1.165, 1.54) is 24.3 Å². The summed E-state index contributed by atoms with van der Waals surface area (Å²) in [5, 5.41) is 11.1. The van der Waals surface area contributed by atoms with Crippen LogP contribution in [0.3, 0.4) is 0 Å². The molecule has 3 aromatic rings. The Morgan fingerprint density at radius 1 is 1.04 bits per heavy atom.